The molecule has 0 N–H and O–H groups in total. The highest BCUT2D eigenvalue weighted by atomic mass is 32.2. The van der Waals surface area contributed by atoms with E-state index in [-0.39, 0.29) is 5.92 Å². The molecule has 0 spiro atoms. The lowest BCUT2D eigenvalue weighted by Gasteiger charge is -2.30. The predicted molar refractivity (Wildman–Crippen MR) is 128 cm³/mol. The summed E-state index contributed by atoms with van der Waals surface area (Å²) < 4.78 is 57.6. The van der Waals surface area contributed by atoms with E-state index in [9.17, 15) is 22.5 Å². The van der Waals surface area contributed by atoms with Gasteiger partial charge in [-0.3, -0.25) is 4.98 Å². The van der Waals surface area contributed by atoms with Gasteiger partial charge in [-0.2, -0.15) is 5.26 Å². The normalized spacial score (nSPS) is 15.0. The van der Waals surface area contributed by atoms with Crippen molar-refractivity contribution in [3.63, 3.8) is 0 Å². The lowest BCUT2D eigenvalue weighted by atomic mass is 9.99. The molecule has 1 aromatic heterocycles. The molecule has 9 heteroatoms. The van der Waals surface area contributed by atoms with Gasteiger partial charge in [0.15, 0.2) is 11.6 Å². The van der Waals surface area contributed by atoms with Crippen LogP contribution >= 0.6 is 0 Å². The van der Waals surface area contributed by atoms with E-state index in [1.54, 1.807) is 24.5 Å². The molecule has 2 aromatic carbocycles. The molecule has 182 valence electrons. The summed E-state index contributed by atoms with van der Waals surface area (Å²) in [6.45, 7) is 1.38. The molecule has 0 saturated carbocycles. The maximum atomic E-state index is 13.6. The molecule has 0 atom stereocenters. The Morgan fingerprint density at radius 3 is 2.49 bits per heavy atom. The fraction of sp³-hybridized carbons (Fsp3) is 0.308. The number of nitrogens with zero attached hydrogens (tertiary/aromatic N) is 3. The summed E-state index contributed by atoms with van der Waals surface area (Å²) in [7, 11) is -3.17. The SMILES string of the molecule is CS(=O)(=O)N1CCC(COc2ccc(Cc3cncc(-c4ccc(F)c(F)c4)c3)cc2C#N)CC1. The molecule has 1 aliphatic rings. The first-order chi connectivity index (χ1) is 16.7. The molecular formula is C26H25F2N3O3S. The van der Waals surface area contributed by atoms with E-state index in [1.165, 1.54) is 16.6 Å². The molecule has 2 heterocycles. The lowest BCUT2D eigenvalue weighted by molar-refractivity contribution is 0.185. The first-order valence-corrected chi connectivity index (χ1v) is 13.1. The molecule has 0 bridgehead atoms. The van der Waals surface area contributed by atoms with Crippen LogP contribution in [-0.4, -0.2) is 43.7 Å². The minimum atomic E-state index is -3.17. The highest BCUT2D eigenvalue weighted by molar-refractivity contribution is 7.88. The molecule has 1 aliphatic heterocycles. The number of halogens is 2. The molecule has 1 saturated heterocycles. The number of hydrogen-bond donors (Lipinski definition) is 0. The van der Waals surface area contributed by atoms with Crippen molar-refractivity contribution in [1.82, 2.24) is 9.29 Å². The van der Waals surface area contributed by atoms with E-state index < -0.39 is 21.7 Å². The molecule has 4 rings (SSSR count). The Kier molecular flexibility index (Phi) is 7.43. The van der Waals surface area contributed by atoms with Crippen LogP contribution in [0.4, 0.5) is 8.78 Å². The van der Waals surface area contributed by atoms with Crippen LogP contribution in [0, 0.1) is 28.9 Å². The number of nitriles is 1. The quantitative estimate of drug-likeness (QED) is 0.479. The van der Waals surface area contributed by atoms with Crippen LogP contribution in [0.1, 0.15) is 29.5 Å². The molecule has 0 unspecified atom stereocenters. The van der Waals surface area contributed by atoms with Crippen molar-refractivity contribution in [3.8, 4) is 22.9 Å². The zero-order chi connectivity index (χ0) is 25.0. The third kappa shape index (κ3) is 6.21. The minimum Gasteiger partial charge on any atom is -0.492 e. The van der Waals surface area contributed by atoms with E-state index in [0.29, 0.717) is 61.4 Å². The Labute approximate surface area is 203 Å². The fourth-order valence-electron chi connectivity index (χ4n) is 4.17. The van der Waals surface area contributed by atoms with Crippen LogP contribution in [0.5, 0.6) is 5.75 Å². The number of ether oxygens (including phenoxy) is 1. The topological polar surface area (TPSA) is 83.3 Å². The smallest absolute Gasteiger partial charge is 0.211 e. The highest BCUT2D eigenvalue weighted by Crippen LogP contribution is 2.26. The summed E-state index contributed by atoms with van der Waals surface area (Å²) in [6.07, 6.45) is 6.45. The first kappa shape index (κ1) is 24.8. The zero-order valence-electron chi connectivity index (χ0n) is 19.2. The van der Waals surface area contributed by atoms with Crippen LogP contribution in [-0.2, 0) is 16.4 Å². The molecular weight excluding hydrogens is 472 g/mol. The average molecular weight is 498 g/mol. The molecule has 35 heavy (non-hydrogen) atoms. The molecule has 1 fully saturated rings. The highest BCUT2D eigenvalue weighted by Gasteiger charge is 2.25. The van der Waals surface area contributed by atoms with E-state index >= 15 is 0 Å². The van der Waals surface area contributed by atoms with Gasteiger partial charge in [-0.15, -0.1) is 0 Å². The van der Waals surface area contributed by atoms with Crippen LogP contribution in [0.2, 0.25) is 0 Å². The van der Waals surface area contributed by atoms with Gasteiger partial charge in [0.05, 0.1) is 18.4 Å². The number of piperidine rings is 1. The van der Waals surface area contributed by atoms with Gasteiger partial charge in [0.2, 0.25) is 10.0 Å². The second-order valence-corrected chi connectivity index (χ2v) is 10.7. The van der Waals surface area contributed by atoms with E-state index in [4.69, 9.17) is 4.74 Å². The van der Waals surface area contributed by atoms with Crippen molar-refractivity contribution in [3.05, 3.63) is 83.2 Å². The van der Waals surface area contributed by atoms with Crippen molar-refractivity contribution in [2.24, 2.45) is 5.92 Å². The summed E-state index contributed by atoms with van der Waals surface area (Å²) in [6, 6.07) is 13.2. The number of aromatic nitrogens is 1. The summed E-state index contributed by atoms with van der Waals surface area (Å²) in [5.74, 6) is -1.09. The average Bonchev–Trinajstić information content (AvgIpc) is 2.84. The molecule has 3 aromatic rings. The van der Waals surface area contributed by atoms with Crippen LogP contribution in [0.15, 0.2) is 54.9 Å². The van der Waals surface area contributed by atoms with E-state index in [2.05, 4.69) is 11.1 Å². The standard InChI is InChI=1S/C26H25F2N3O3S/c1-35(32,33)31-8-6-18(7-9-31)17-34-26-5-2-19(11-22(26)14-29)10-20-12-23(16-30-15-20)21-3-4-24(27)25(28)13-21/h2-5,11-13,15-16,18H,6-10,17H2,1H3. The van der Waals surface area contributed by atoms with Gasteiger partial charge in [0.25, 0.3) is 0 Å². The van der Waals surface area contributed by atoms with Crippen LogP contribution in [0.3, 0.4) is 0 Å². The van der Waals surface area contributed by atoms with Gasteiger partial charge < -0.3 is 4.74 Å². The number of hydrogen-bond acceptors (Lipinski definition) is 5. The van der Waals surface area contributed by atoms with Gasteiger partial charge in [-0.05, 0) is 72.2 Å². The number of benzene rings is 2. The maximum Gasteiger partial charge on any atom is 0.211 e. The Hall–Kier alpha value is -3.35. The Bertz CT molecular complexity index is 1360. The Balaban J connectivity index is 1.41. The van der Waals surface area contributed by atoms with Crippen LogP contribution < -0.4 is 4.74 Å². The van der Waals surface area contributed by atoms with Gasteiger partial charge in [0.1, 0.15) is 11.8 Å². The molecule has 6 nitrogen and oxygen atoms in total. The summed E-state index contributed by atoms with van der Waals surface area (Å²) >= 11 is 0. The molecule has 0 amide bonds. The lowest BCUT2D eigenvalue weighted by Crippen LogP contribution is -2.39. The van der Waals surface area contributed by atoms with Crippen molar-refractivity contribution in [1.29, 1.82) is 5.26 Å². The van der Waals surface area contributed by atoms with E-state index in [1.807, 2.05) is 12.1 Å². The number of pyridine rings is 1. The third-order valence-electron chi connectivity index (χ3n) is 6.14. The molecule has 0 radical (unpaired) electrons. The van der Waals surface area contributed by atoms with Crippen LogP contribution in [0.25, 0.3) is 11.1 Å². The van der Waals surface area contributed by atoms with Crippen molar-refractivity contribution >= 4 is 10.0 Å². The van der Waals surface area contributed by atoms with E-state index in [0.717, 1.165) is 23.3 Å². The van der Waals surface area contributed by atoms with Crippen molar-refractivity contribution in [2.45, 2.75) is 19.3 Å². The number of sulfonamides is 1. The van der Waals surface area contributed by atoms with Gasteiger partial charge >= 0.3 is 0 Å². The summed E-state index contributed by atoms with van der Waals surface area (Å²) in [5, 5.41) is 9.63. The summed E-state index contributed by atoms with van der Waals surface area (Å²) in [4.78, 5) is 4.22. The number of rotatable bonds is 7. The third-order valence-corrected chi connectivity index (χ3v) is 7.44. The predicted octanol–water partition coefficient (Wildman–Crippen LogP) is 4.54. The zero-order valence-corrected chi connectivity index (χ0v) is 20.1. The monoisotopic (exact) mass is 497 g/mol. The second kappa shape index (κ2) is 10.5. The maximum absolute atomic E-state index is 13.6. The van der Waals surface area contributed by atoms with Gasteiger partial charge in [-0.25, -0.2) is 21.5 Å². The van der Waals surface area contributed by atoms with Crippen molar-refractivity contribution in [2.75, 3.05) is 26.0 Å². The fourth-order valence-corrected chi connectivity index (χ4v) is 5.04. The van der Waals surface area contributed by atoms with Gasteiger partial charge in [-0.1, -0.05) is 12.1 Å². The largest absolute Gasteiger partial charge is 0.492 e. The van der Waals surface area contributed by atoms with Crippen molar-refractivity contribution < 1.29 is 21.9 Å². The summed E-state index contributed by atoms with van der Waals surface area (Å²) in [5.41, 5.74) is 3.37. The Morgan fingerprint density at radius 2 is 1.80 bits per heavy atom. The first-order valence-electron chi connectivity index (χ1n) is 11.2. The second-order valence-electron chi connectivity index (χ2n) is 8.75. The minimum absolute atomic E-state index is 0.226. The Morgan fingerprint density at radius 1 is 1.03 bits per heavy atom. The van der Waals surface area contributed by atoms with Gasteiger partial charge in [0, 0.05) is 31.0 Å². The molecule has 0 aliphatic carbocycles.